The lowest BCUT2D eigenvalue weighted by Gasteiger charge is -2.15. The molecule has 0 radical (unpaired) electrons. The van der Waals surface area contributed by atoms with Crippen molar-refractivity contribution >= 4 is 5.84 Å². The Hall–Kier alpha value is -1.05. The molecule has 2 atom stereocenters. The average Bonchev–Trinajstić information content (AvgIpc) is 2.71. The van der Waals surface area contributed by atoms with Gasteiger partial charge in [0.25, 0.3) is 0 Å². The van der Waals surface area contributed by atoms with Crippen molar-refractivity contribution in [3.05, 3.63) is 24.0 Å². The van der Waals surface area contributed by atoms with E-state index in [0.29, 0.717) is 5.41 Å². The normalized spacial score (nSPS) is 38.7. The largest absolute Gasteiger partial charge is 0.350 e. The maximum absolute atomic E-state index is 4.49. The third-order valence-electron chi connectivity index (χ3n) is 3.39. The highest BCUT2D eigenvalue weighted by Gasteiger charge is 2.60. The molecular weight excluding hydrogens is 160 g/mol. The summed E-state index contributed by atoms with van der Waals surface area (Å²) in [5, 5.41) is 3.23. The summed E-state index contributed by atoms with van der Waals surface area (Å²) in [6.45, 7) is 2.23. The maximum Gasteiger partial charge on any atom is 0.116 e. The van der Waals surface area contributed by atoms with Crippen LogP contribution in [0.5, 0.6) is 0 Å². The van der Waals surface area contributed by atoms with Crippen LogP contribution < -0.4 is 5.32 Å². The molecule has 68 valence electrons. The lowest BCUT2D eigenvalue weighted by molar-refractivity contribution is 0.733. The summed E-state index contributed by atoms with van der Waals surface area (Å²) < 4.78 is 0. The van der Waals surface area contributed by atoms with E-state index >= 15 is 0 Å². The molecule has 1 spiro atoms. The topological polar surface area (TPSA) is 24.4 Å². The molecule has 3 rings (SSSR count). The number of nitrogens with zero attached hydrogens (tertiary/aromatic N) is 1. The van der Waals surface area contributed by atoms with E-state index < -0.39 is 0 Å². The number of rotatable bonds is 2. The molecule has 1 saturated carbocycles. The SMILES string of the molecule is CCCC1=CN=C2NC=CC23CC13. The fourth-order valence-electron chi connectivity index (χ4n) is 2.59. The van der Waals surface area contributed by atoms with Gasteiger partial charge < -0.3 is 5.32 Å². The molecule has 0 aromatic carbocycles. The molecule has 0 aromatic heterocycles. The van der Waals surface area contributed by atoms with E-state index in [-0.39, 0.29) is 0 Å². The van der Waals surface area contributed by atoms with Crippen LogP contribution in [0.1, 0.15) is 26.2 Å². The van der Waals surface area contributed by atoms with Crippen LogP contribution in [0.4, 0.5) is 0 Å². The monoisotopic (exact) mass is 174 g/mol. The third-order valence-corrected chi connectivity index (χ3v) is 3.39. The summed E-state index contributed by atoms with van der Waals surface area (Å²) in [7, 11) is 0. The van der Waals surface area contributed by atoms with E-state index in [4.69, 9.17) is 0 Å². The van der Waals surface area contributed by atoms with Crippen molar-refractivity contribution in [1.82, 2.24) is 5.32 Å². The Kier molecular flexibility index (Phi) is 1.27. The Labute approximate surface area is 78.4 Å². The van der Waals surface area contributed by atoms with Crippen molar-refractivity contribution in [3.63, 3.8) is 0 Å². The molecule has 2 heterocycles. The van der Waals surface area contributed by atoms with Crippen molar-refractivity contribution in [3.8, 4) is 0 Å². The molecule has 0 amide bonds. The van der Waals surface area contributed by atoms with Crippen LogP contribution in [0.2, 0.25) is 0 Å². The van der Waals surface area contributed by atoms with E-state index in [1.54, 1.807) is 5.57 Å². The number of nitrogens with one attached hydrogen (secondary N) is 1. The zero-order chi connectivity index (χ0) is 8.89. The van der Waals surface area contributed by atoms with Crippen LogP contribution in [0.15, 0.2) is 29.0 Å². The van der Waals surface area contributed by atoms with E-state index in [1.807, 2.05) is 6.20 Å². The highest BCUT2D eigenvalue weighted by atomic mass is 15.1. The van der Waals surface area contributed by atoms with Gasteiger partial charge >= 0.3 is 0 Å². The van der Waals surface area contributed by atoms with Crippen LogP contribution in [-0.2, 0) is 0 Å². The van der Waals surface area contributed by atoms with Crippen LogP contribution in [0, 0.1) is 11.3 Å². The van der Waals surface area contributed by atoms with Gasteiger partial charge in [-0.15, -0.1) is 0 Å². The molecule has 13 heavy (non-hydrogen) atoms. The van der Waals surface area contributed by atoms with Crippen molar-refractivity contribution < 1.29 is 0 Å². The van der Waals surface area contributed by atoms with Gasteiger partial charge in [0.05, 0.1) is 5.41 Å². The number of allylic oxidation sites excluding steroid dienone is 1. The third kappa shape index (κ3) is 0.808. The minimum absolute atomic E-state index is 0.319. The number of hydrogen-bond acceptors (Lipinski definition) is 2. The highest BCUT2D eigenvalue weighted by Crippen LogP contribution is 2.61. The minimum Gasteiger partial charge on any atom is -0.350 e. The summed E-state index contributed by atoms with van der Waals surface area (Å²) in [4.78, 5) is 4.49. The quantitative estimate of drug-likeness (QED) is 0.682. The van der Waals surface area contributed by atoms with Gasteiger partial charge in [-0.3, -0.25) is 0 Å². The van der Waals surface area contributed by atoms with Gasteiger partial charge in [-0.05, 0) is 30.5 Å². The van der Waals surface area contributed by atoms with E-state index in [2.05, 4.69) is 29.5 Å². The van der Waals surface area contributed by atoms with E-state index in [0.717, 1.165) is 5.92 Å². The summed E-state index contributed by atoms with van der Waals surface area (Å²) in [5.74, 6) is 1.95. The fourth-order valence-corrected chi connectivity index (χ4v) is 2.59. The zero-order valence-electron chi connectivity index (χ0n) is 7.88. The number of amidine groups is 1. The first-order valence-electron chi connectivity index (χ1n) is 5.08. The highest BCUT2D eigenvalue weighted by molar-refractivity contribution is 5.98. The summed E-state index contributed by atoms with van der Waals surface area (Å²) >= 11 is 0. The molecule has 0 saturated heterocycles. The molecule has 2 nitrogen and oxygen atoms in total. The first kappa shape index (κ1) is 7.36. The van der Waals surface area contributed by atoms with Crippen LogP contribution in [-0.4, -0.2) is 5.84 Å². The number of hydrogen-bond donors (Lipinski definition) is 1. The lowest BCUT2D eigenvalue weighted by atomic mass is 9.95. The second-order valence-corrected chi connectivity index (χ2v) is 4.21. The zero-order valence-corrected chi connectivity index (χ0v) is 7.88. The van der Waals surface area contributed by atoms with Gasteiger partial charge in [0.2, 0.25) is 0 Å². The Balaban J connectivity index is 1.94. The van der Waals surface area contributed by atoms with Gasteiger partial charge in [-0.2, -0.15) is 0 Å². The summed E-state index contributed by atoms with van der Waals surface area (Å²) in [6.07, 6.45) is 10.1. The van der Waals surface area contributed by atoms with Gasteiger partial charge in [-0.1, -0.05) is 19.4 Å². The van der Waals surface area contributed by atoms with Gasteiger partial charge in [0.15, 0.2) is 0 Å². The first-order chi connectivity index (χ1) is 6.37. The first-order valence-corrected chi connectivity index (χ1v) is 5.08. The Morgan fingerprint density at radius 2 is 2.62 bits per heavy atom. The molecule has 2 aliphatic heterocycles. The predicted molar refractivity (Wildman–Crippen MR) is 53.2 cm³/mol. The molecule has 0 bridgehead atoms. The molecule has 2 unspecified atom stereocenters. The standard InChI is InChI=1S/C11H14N2/c1-2-3-8-7-13-10-11(4-5-12-10)6-9(8)11/h4-5,7,9H,2-3,6H2,1H3,(H,12,13). The molecule has 1 N–H and O–H groups in total. The van der Waals surface area contributed by atoms with E-state index in [9.17, 15) is 0 Å². The average molecular weight is 174 g/mol. The second kappa shape index (κ2) is 2.25. The van der Waals surface area contributed by atoms with Crippen molar-refractivity contribution in [2.24, 2.45) is 16.3 Å². The van der Waals surface area contributed by atoms with Crippen molar-refractivity contribution in [2.45, 2.75) is 26.2 Å². The van der Waals surface area contributed by atoms with Crippen molar-refractivity contribution in [2.75, 3.05) is 0 Å². The van der Waals surface area contributed by atoms with Crippen molar-refractivity contribution in [1.29, 1.82) is 0 Å². The number of aliphatic imine (C=N–C) groups is 1. The molecule has 1 fully saturated rings. The predicted octanol–water partition coefficient (Wildman–Crippen LogP) is 2.21. The fraction of sp³-hybridized carbons (Fsp3) is 0.545. The van der Waals surface area contributed by atoms with Crippen LogP contribution >= 0.6 is 0 Å². The van der Waals surface area contributed by atoms with E-state index in [1.165, 1.54) is 25.1 Å². The summed E-state index contributed by atoms with van der Waals surface area (Å²) in [6, 6.07) is 0. The van der Waals surface area contributed by atoms with Crippen LogP contribution in [0.3, 0.4) is 0 Å². The summed E-state index contributed by atoms with van der Waals surface area (Å²) in [5.41, 5.74) is 1.87. The Bertz CT molecular complexity index is 338. The maximum atomic E-state index is 4.49. The smallest absolute Gasteiger partial charge is 0.116 e. The van der Waals surface area contributed by atoms with Gasteiger partial charge in [-0.25, -0.2) is 4.99 Å². The van der Waals surface area contributed by atoms with Gasteiger partial charge in [0, 0.05) is 6.20 Å². The lowest BCUT2D eigenvalue weighted by Crippen LogP contribution is -2.24. The second-order valence-electron chi connectivity index (χ2n) is 4.21. The molecule has 3 aliphatic rings. The minimum atomic E-state index is 0.319. The molecule has 0 aromatic rings. The van der Waals surface area contributed by atoms with Crippen LogP contribution in [0.25, 0.3) is 0 Å². The Morgan fingerprint density at radius 1 is 1.69 bits per heavy atom. The Morgan fingerprint density at radius 3 is 3.46 bits per heavy atom. The molecule has 2 heteroatoms. The molecule has 1 aliphatic carbocycles. The molecular formula is C11H14N2. The van der Waals surface area contributed by atoms with Gasteiger partial charge in [0.1, 0.15) is 5.84 Å².